The van der Waals surface area contributed by atoms with Gasteiger partial charge < -0.3 is 10.1 Å². The molecular formula is C11H8ClN3O. The molecule has 0 saturated heterocycles. The van der Waals surface area contributed by atoms with Crippen LogP contribution in [0.4, 0.5) is 5.69 Å². The number of nitrogens with one attached hydrogen (secondary N) is 1. The topological polar surface area (TPSA) is 68.8 Å². The number of hydrogen-bond donors (Lipinski definition) is 1. The Morgan fingerprint density at radius 3 is 2.69 bits per heavy atom. The van der Waals surface area contributed by atoms with Crippen molar-refractivity contribution in [3.63, 3.8) is 0 Å². The molecule has 16 heavy (non-hydrogen) atoms. The lowest BCUT2D eigenvalue weighted by Crippen LogP contribution is -1.94. The number of halogens is 1. The van der Waals surface area contributed by atoms with Gasteiger partial charge in [0.15, 0.2) is 0 Å². The van der Waals surface area contributed by atoms with Crippen LogP contribution in [0.25, 0.3) is 0 Å². The molecule has 0 spiro atoms. The van der Waals surface area contributed by atoms with Crippen LogP contribution in [0, 0.1) is 22.7 Å². The van der Waals surface area contributed by atoms with Gasteiger partial charge >= 0.3 is 0 Å². The van der Waals surface area contributed by atoms with Crippen LogP contribution >= 0.6 is 11.6 Å². The molecule has 1 N–H and O–H groups in total. The number of nitriles is 2. The van der Waals surface area contributed by atoms with Crippen molar-refractivity contribution in [1.82, 2.24) is 0 Å². The van der Waals surface area contributed by atoms with Crippen molar-refractivity contribution in [2.75, 3.05) is 12.4 Å². The Bertz CT molecular complexity index is 481. The van der Waals surface area contributed by atoms with E-state index in [2.05, 4.69) is 5.32 Å². The highest BCUT2D eigenvalue weighted by Gasteiger charge is 2.02. The van der Waals surface area contributed by atoms with Gasteiger partial charge in [-0.05, 0) is 12.1 Å². The zero-order valence-corrected chi connectivity index (χ0v) is 9.25. The maximum absolute atomic E-state index is 8.54. The third-order valence-corrected chi connectivity index (χ3v) is 2.01. The average molecular weight is 234 g/mol. The molecule has 0 aliphatic carbocycles. The highest BCUT2D eigenvalue weighted by atomic mass is 35.5. The number of methoxy groups -OCH3 is 1. The highest BCUT2D eigenvalue weighted by molar-refractivity contribution is 6.30. The van der Waals surface area contributed by atoms with Crippen LogP contribution in [0.15, 0.2) is 30.0 Å². The van der Waals surface area contributed by atoms with Gasteiger partial charge in [-0.2, -0.15) is 10.5 Å². The van der Waals surface area contributed by atoms with E-state index in [0.29, 0.717) is 16.5 Å². The molecule has 0 saturated carbocycles. The summed E-state index contributed by atoms with van der Waals surface area (Å²) in [6.07, 6.45) is 1.31. The fourth-order valence-corrected chi connectivity index (χ4v) is 1.19. The van der Waals surface area contributed by atoms with E-state index in [1.807, 2.05) is 0 Å². The van der Waals surface area contributed by atoms with Crippen LogP contribution in [0.3, 0.4) is 0 Å². The maximum atomic E-state index is 8.54. The quantitative estimate of drug-likeness (QED) is 0.815. The molecule has 0 bridgehead atoms. The van der Waals surface area contributed by atoms with Gasteiger partial charge in [-0.3, -0.25) is 0 Å². The monoisotopic (exact) mass is 233 g/mol. The molecule has 0 aliphatic heterocycles. The lowest BCUT2D eigenvalue weighted by Gasteiger charge is -2.07. The summed E-state index contributed by atoms with van der Waals surface area (Å²) in [7, 11) is 1.51. The predicted molar refractivity (Wildman–Crippen MR) is 60.9 cm³/mol. The van der Waals surface area contributed by atoms with Gasteiger partial charge in [0, 0.05) is 17.3 Å². The second kappa shape index (κ2) is 5.65. The van der Waals surface area contributed by atoms with Crippen molar-refractivity contribution >= 4 is 17.3 Å². The minimum absolute atomic E-state index is 0.0167. The fraction of sp³-hybridized carbons (Fsp3) is 0.0909. The lowest BCUT2D eigenvalue weighted by molar-refractivity contribution is 0.417. The number of allylic oxidation sites excluding steroid dienone is 1. The first kappa shape index (κ1) is 11.9. The van der Waals surface area contributed by atoms with Crippen molar-refractivity contribution in [1.29, 1.82) is 10.5 Å². The first-order valence-corrected chi connectivity index (χ1v) is 4.69. The summed E-state index contributed by atoms with van der Waals surface area (Å²) in [6.45, 7) is 0. The molecule has 0 unspecified atom stereocenters. The molecule has 0 aliphatic rings. The van der Waals surface area contributed by atoms with Crippen LogP contribution in [0.2, 0.25) is 5.02 Å². The summed E-state index contributed by atoms with van der Waals surface area (Å²) in [5, 5.41) is 20.4. The van der Waals surface area contributed by atoms with Gasteiger partial charge in [0.05, 0.1) is 12.8 Å². The number of ether oxygens (including phenoxy) is 1. The lowest BCUT2D eigenvalue weighted by atomic mass is 10.3. The van der Waals surface area contributed by atoms with E-state index in [1.165, 1.54) is 13.3 Å². The first-order valence-electron chi connectivity index (χ1n) is 4.31. The Kier molecular flexibility index (Phi) is 4.20. The van der Waals surface area contributed by atoms with Crippen LogP contribution < -0.4 is 10.1 Å². The third-order valence-electron chi connectivity index (χ3n) is 1.78. The largest absolute Gasteiger partial charge is 0.495 e. The van der Waals surface area contributed by atoms with Crippen LogP contribution in [-0.4, -0.2) is 7.11 Å². The molecular weight excluding hydrogens is 226 g/mol. The van der Waals surface area contributed by atoms with E-state index in [1.54, 1.807) is 30.3 Å². The number of anilines is 1. The van der Waals surface area contributed by atoms with Gasteiger partial charge in [0.2, 0.25) is 0 Å². The minimum atomic E-state index is -0.0167. The number of rotatable bonds is 3. The molecule has 0 fully saturated rings. The molecule has 1 aromatic rings. The van der Waals surface area contributed by atoms with E-state index in [0.717, 1.165) is 0 Å². The fourth-order valence-electron chi connectivity index (χ4n) is 1.02. The Labute approximate surface area is 98.3 Å². The molecule has 0 atom stereocenters. The highest BCUT2D eigenvalue weighted by Crippen LogP contribution is 2.27. The van der Waals surface area contributed by atoms with Crippen LogP contribution in [0.5, 0.6) is 5.75 Å². The first-order chi connectivity index (χ1) is 7.71. The summed E-state index contributed by atoms with van der Waals surface area (Å²) >= 11 is 5.78. The Morgan fingerprint density at radius 2 is 2.12 bits per heavy atom. The SMILES string of the molecule is COc1cc(Cl)ccc1NC=C(C#N)C#N. The normalized spacial score (nSPS) is 8.50. The summed E-state index contributed by atoms with van der Waals surface area (Å²) in [4.78, 5) is 0. The molecule has 0 radical (unpaired) electrons. The van der Waals surface area contributed by atoms with E-state index < -0.39 is 0 Å². The van der Waals surface area contributed by atoms with Crippen LogP contribution in [0.1, 0.15) is 0 Å². The zero-order chi connectivity index (χ0) is 12.0. The number of benzene rings is 1. The van der Waals surface area contributed by atoms with Crippen LogP contribution in [-0.2, 0) is 0 Å². The van der Waals surface area contributed by atoms with Crippen molar-refractivity contribution in [2.45, 2.75) is 0 Å². The maximum Gasteiger partial charge on any atom is 0.145 e. The standard InChI is InChI=1S/C11H8ClN3O/c1-16-11-4-9(12)2-3-10(11)15-7-8(5-13)6-14/h2-4,7,15H,1H3. The van der Waals surface area contributed by atoms with Crippen molar-refractivity contribution in [3.05, 3.63) is 35.0 Å². The van der Waals surface area contributed by atoms with Gasteiger partial charge in [-0.1, -0.05) is 11.6 Å². The summed E-state index contributed by atoms with van der Waals surface area (Å²) in [6, 6.07) is 8.50. The molecule has 0 heterocycles. The number of nitrogens with zero attached hydrogens (tertiary/aromatic N) is 2. The van der Waals surface area contributed by atoms with E-state index >= 15 is 0 Å². The molecule has 1 aromatic carbocycles. The molecule has 0 amide bonds. The van der Waals surface area contributed by atoms with Crippen molar-refractivity contribution in [2.24, 2.45) is 0 Å². The zero-order valence-electron chi connectivity index (χ0n) is 8.49. The summed E-state index contributed by atoms with van der Waals surface area (Å²) < 4.78 is 5.08. The molecule has 4 nitrogen and oxygen atoms in total. The average Bonchev–Trinajstić information content (AvgIpc) is 2.31. The molecule has 80 valence electrons. The second-order valence-electron chi connectivity index (χ2n) is 2.77. The van der Waals surface area contributed by atoms with Crippen molar-refractivity contribution < 1.29 is 4.74 Å². The number of hydrogen-bond acceptors (Lipinski definition) is 4. The Morgan fingerprint density at radius 1 is 1.44 bits per heavy atom. The summed E-state index contributed by atoms with van der Waals surface area (Å²) in [5.74, 6) is 0.541. The van der Waals surface area contributed by atoms with Gasteiger partial charge in [0.1, 0.15) is 23.5 Å². The van der Waals surface area contributed by atoms with E-state index in [4.69, 9.17) is 26.9 Å². The van der Waals surface area contributed by atoms with Gasteiger partial charge in [-0.15, -0.1) is 0 Å². The van der Waals surface area contributed by atoms with E-state index in [-0.39, 0.29) is 5.57 Å². The third kappa shape index (κ3) is 2.91. The molecule has 5 heteroatoms. The predicted octanol–water partition coefficient (Wildman–Crippen LogP) is 2.69. The Hall–Kier alpha value is -2.17. The van der Waals surface area contributed by atoms with E-state index in [9.17, 15) is 0 Å². The van der Waals surface area contributed by atoms with Gasteiger partial charge in [0.25, 0.3) is 0 Å². The summed E-state index contributed by atoms with van der Waals surface area (Å²) in [5.41, 5.74) is 0.618. The molecule has 0 aromatic heterocycles. The minimum Gasteiger partial charge on any atom is -0.495 e. The van der Waals surface area contributed by atoms with Crippen molar-refractivity contribution in [3.8, 4) is 17.9 Å². The Balaban J connectivity index is 2.95. The molecule has 1 rings (SSSR count). The smallest absolute Gasteiger partial charge is 0.145 e. The van der Waals surface area contributed by atoms with Gasteiger partial charge in [-0.25, -0.2) is 0 Å². The second-order valence-corrected chi connectivity index (χ2v) is 3.21.